The summed E-state index contributed by atoms with van der Waals surface area (Å²) in [5.74, 6) is -1.29. The first-order valence-corrected chi connectivity index (χ1v) is 7.88. The molecule has 10 heteroatoms. The standard InChI is InChI=1S/C16H21NO9/c18-7-10-11(19)12(20)13(21)15(25-10)26-16(24)17-9(14(22)23)6-8-4-2-1-3-5-8/h1-5,9-13,15,18-21H,6-7H2,(H,17,24)(H,22,23)/t9-,10+,11+,12-,13+,15-/m0/s1. The Hall–Kier alpha value is -2.24. The lowest BCUT2D eigenvalue weighted by molar-refractivity contribution is -0.285. The average molecular weight is 371 g/mol. The van der Waals surface area contributed by atoms with Gasteiger partial charge in [-0.25, -0.2) is 9.59 Å². The van der Waals surface area contributed by atoms with Gasteiger partial charge in [0.05, 0.1) is 6.61 Å². The zero-order valence-electron chi connectivity index (χ0n) is 13.6. The van der Waals surface area contributed by atoms with Crippen LogP contribution in [0.4, 0.5) is 4.79 Å². The van der Waals surface area contributed by atoms with Crippen molar-refractivity contribution < 1.29 is 44.6 Å². The van der Waals surface area contributed by atoms with Gasteiger partial charge in [-0.2, -0.15) is 0 Å². The Morgan fingerprint density at radius 2 is 1.77 bits per heavy atom. The van der Waals surface area contributed by atoms with Gasteiger partial charge in [-0.15, -0.1) is 0 Å². The second-order valence-corrected chi connectivity index (χ2v) is 5.83. The molecular formula is C16H21NO9. The minimum absolute atomic E-state index is 0.0000449. The Morgan fingerprint density at radius 3 is 2.35 bits per heavy atom. The Balaban J connectivity index is 1.98. The SMILES string of the molecule is O=C(N[C@@H](Cc1ccccc1)C(=O)O)O[C@@H]1O[C@H](CO)[C@@H](O)[C@H](O)[C@H]1O. The van der Waals surface area contributed by atoms with E-state index in [-0.39, 0.29) is 6.42 Å². The van der Waals surface area contributed by atoms with Crippen LogP contribution in [0.15, 0.2) is 30.3 Å². The minimum Gasteiger partial charge on any atom is -0.480 e. The molecule has 1 aromatic rings. The van der Waals surface area contributed by atoms with Crippen LogP contribution in [0.25, 0.3) is 0 Å². The highest BCUT2D eigenvalue weighted by atomic mass is 16.7. The first-order valence-electron chi connectivity index (χ1n) is 7.88. The molecule has 10 nitrogen and oxygen atoms in total. The van der Waals surface area contributed by atoms with Gasteiger partial charge in [-0.3, -0.25) is 0 Å². The van der Waals surface area contributed by atoms with E-state index in [0.717, 1.165) is 0 Å². The van der Waals surface area contributed by atoms with Gasteiger partial charge in [0.2, 0.25) is 6.29 Å². The second kappa shape index (κ2) is 8.92. The van der Waals surface area contributed by atoms with Gasteiger partial charge in [0.1, 0.15) is 30.5 Å². The third kappa shape index (κ3) is 4.90. The van der Waals surface area contributed by atoms with E-state index in [1.165, 1.54) is 0 Å². The highest BCUT2D eigenvalue weighted by Crippen LogP contribution is 2.22. The van der Waals surface area contributed by atoms with Crippen molar-refractivity contribution in [2.75, 3.05) is 6.61 Å². The summed E-state index contributed by atoms with van der Waals surface area (Å²) in [6.07, 6.45) is -9.20. The molecule has 144 valence electrons. The predicted molar refractivity (Wildman–Crippen MR) is 85.0 cm³/mol. The molecule has 1 saturated heterocycles. The molecule has 1 aliphatic heterocycles. The van der Waals surface area contributed by atoms with E-state index in [1.807, 2.05) is 0 Å². The molecular weight excluding hydrogens is 350 g/mol. The highest BCUT2D eigenvalue weighted by molar-refractivity contribution is 5.80. The number of carbonyl (C=O) groups excluding carboxylic acids is 1. The lowest BCUT2D eigenvalue weighted by Crippen LogP contribution is -2.60. The largest absolute Gasteiger partial charge is 0.480 e. The van der Waals surface area contributed by atoms with Crippen molar-refractivity contribution in [2.24, 2.45) is 0 Å². The number of carbonyl (C=O) groups is 2. The number of hydrogen-bond donors (Lipinski definition) is 6. The predicted octanol–water partition coefficient (Wildman–Crippen LogP) is -1.79. The number of aliphatic carboxylic acids is 1. The van der Waals surface area contributed by atoms with Crippen molar-refractivity contribution >= 4 is 12.1 Å². The lowest BCUT2D eigenvalue weighted by atomic mass is 9.99. The molecule has 2 rings (SSSR count). The van der Waals surface area contributed by atoms with Crippen molar-refractivity contribution in [3.05, 3.63) is 35.9 Å². The zero-order valence-corrected chi connectivity index (χ0v) is 13.6. The van der Waals surface area contributed by atoms with Gasteiger partial charge in [-0.05, 0) is 5.56 Å². The Labute approximate surface area is 148 Å². The number of alkyl carbamates (subject to hydrolysis) is 1. The topological polar surface area (TPSA) is 166 Å². The molecule has 0 unspecified atom stereocenters. The molecule has 0 bridgehead atoms. The summed E-state index contributed by atoms with van der Waals surface area (Å²) in [4.78, 5) is 23.3. The summed E-state index contributed by atoms with van der Waals surface area (Å²) in [7, 11) is 0. The van der Waals surface area contributed by atoms with Crippen LogP contribution in [-0.2, 0) is 20.7 Å². The molecule has 0 aromatic heterocycles. The molecule has 1 aliphatic rings. The van der Waals surface area contributed by atoms with E-state index in [4.69, 9.17) is 14.6 Å². The Kier molecular flexibility index (Phi) is 6.89. The minimum atomic E-state index is -1.77. The van der Waals surface area contributed by atoms with Crippen molar-refractivity contribution in [3.8, 4) is 0 Å². The van der Waals surface area contributed by atoms with Crippen molar-refractivity contribution in [2.45, 2.75) is 43.2 Å². The van der Waals surface area contributed by atoms with Crippen LogP contribution in [-0.4, -0.2) is 80.9 Å². The molecule has 1 aromatic carbocycles. The smallest absolute Gasteiger partial charge is 0.410 e. The molecule has 1 amide bonds. The number of aliphatic hydroxyl groups excluding tert-OH is 4. The van der Waals surface area contributed by atoms with Crippen LogP contribution in [0.2, 0.25) is 0 Å². The number of rotatable bonds is 6. The van der Waals surface area contributed by atoms with E-state index in [9.17, 15) is 30.0 Å². The number of ether oxygens (including phenoxy) is 2. The molecule has 1 fully saturated rings. The van der Waals surface area contributed by atoms with E-state index < -0.39 is 55.4 Å². The highest BCUT2D eigenvalue weighted by Gasteiger charge is 2.45. The van der Waals surface area contributed by atoms with Crippen LogP contribution in [0.5, 0.6) is 0 Å². The summed E-state index contributed by atoms with van der Waals surface area (Å²) in [6.45, 7) is -0.682. The van der Waals surface area contributed by atoms with Crippen LogP contribution >= 0.6 is 0 Å². The normalized spacial score (nSPS) is 29.6. The fourth-order valence-corrected chi connectivity index (χ4v) is 2.50. The summed E-state index contributed by atoms with van der Waals surface area (Å²) in [5.41, 5.74) is 0.674. The molecule has 6 atom stereocenters. The van der Waals surface area contributed by atoms with E-state index in [0.29, 0.717) is 5.56 Å². The van der Waals surface area contributed by atoms with Gasteiger partial charge in [0.15, 0.2) is 0 Å². The number of hydrogen-bond acceptors (Lipinski definition) is 8. The number of carboxylic acids is 1. The molecule has 6 N–H and O–H groups in total. The van der Waals surface area contributed by atoms with Gasteiger partial charge in [-0.1, -0.05) is 30.3 Å². The van der Waals surface area contributed by atoms with Gasteiger partial charge in [0, 0.05) is 6.42 Å². The van der Waals surface area contributed by atoms with Gasteiger partial charge >= 0.3 is 12.1 Å². The molecule has 0 saturated carbocycles. The zero-order chi connectivity index (χ0) is 19.3. The van der Waals surface area contributed by atoms with Crippen LogP contribution in [0, 0.1) is 0 Å². The number of carboxylic acid groups (broad SMARTS) is 1. The number of amides is 1. The maximum atomic E-state index is 12.0. The maximum Gasteiger partial charge on any atom is 0.410 e. The first kappa shape index (κ1) is 20.1. The summed E-state index contributed by atoms with van der Waals surface area (Å²) < 4.78 is 9.83. The third-order valence-electron chi connectivity index (χ3n) is 3.94. The van der Waals surface area contributed by atoms with Crippen molar-refractivity contribution in [1.82, 2.24) is 5.32 Å². The number of nitrogens with one attached hydrogen (secondary N) is 1. The number of aliphatic hydroxyl groups is 4. The molecule has 1 heterocycles. The van der Waals surface area contributed by atoms with Crippen molar-refractivity contribution in [3.63, 3.8) is 0 Å². The fourth-order valence-electron chi connectivity index (χ4n) is 2.50. The maximum absolute atomic E-state index is 12.0. The third-order valence-corrected chi connectivity index (χ3v) is 3.94. The molecule has 0 spiro atoms. The Bertz CT molecular complexity index is 609. The average Bonchev–Trinajstić information content (AvgIpc) is 2.62. The fraction of sp³-hybridized carbons (Fsp3) is 0.500. The second-order valence-electron chi connectivity index (χ2n) is 5.83. The van der Waals surface area contributed by atoms with Crippen molar-refractivity contribution in [1.29, 1.82) is 0 Å². The van der Waals surface area contributed by atoms with E-state index in [2.05, 4.69) is 5.32 Å². The molecule has 0 aliphatic carbocycles. The monoisotopic (exact) mass is 371 g/mol. The Morgan fingerprint density at radius 1 is 1.12 bits per heavy atom. The molecule has 26 heavy (non-hydrogen) atoms. The lowest BCUT2D eigenvalue weighted by Gasteiger charge is -2.39. The quantitative estimate of drug-likeness (QED) is 0.338. The van der Waals surface area contributed by atoms with Gasteiger partial charge < -0.3 is 40.3 Å². The number of benzene rings is 1. The first-order chi connectivity index (χ1) is 12.3. The molecule has 0 radical (unpaired) electrons. The summed E-state index contributed by atoms with van der Waals surface area (Å²) in [6, 6.07) is 7.30. The van der Waals surface area contributed by atoms with Crippen LogP contribution < -0.4 is 5.32 Å². The summed E-state index contributed by atoms with van der Waals surface area (Å²) in [5, 5.41) is 49.6. The van der Waals surface area contributed by atoms with Crippen LogP contribution in [0.1, 0.15) is 5.56 Å². The summed E-state index contributed by atoms with van der Waals surface area (Å²) >= 11 is 0. The van der Waals surface area contributed by atoms with Crippen LogP contribution in [0.3, 0.4) is 0 Å². The van der Waals surface area contributed by atoms with E-state index in [1.54, 1.807) is 30.3 Å². The van der Waals surface area contributed by atoms with E-state index >= 15 is 0 Å². The van der Waals surface area contributed by atoms with Gasteiger partial charge in [0.25, 0.3) is 0 Å².